The number of imidazole rings is 1. The van der Waals surface area contributed by atoms with Gasteiger partial charge in [-0.25, -0.2) is 14.2 Å². The second kappa shape index (κ2) is 12.9. The third-order valence-corrected chi connectivity index (χ3v) is 8.04. The number of unbranched alkanes of at least 4 members (excludes halogenated alkanes) is 1. The van der Waals surface area contributed by atoms with E-state index in [9.17, 15) is 22.4 Å². The Kier molecular flexibility index (Phi) is 9.47. The van der Waals surface area contributed by atoms with Crippen LogP contribution < -0.4 is 17.0 Å². The number of hydrogen-bond acceptors (Lipinski definition) is 8. The molecule has 0 fully saturated rings. The van der Waals surface area contributed by atoms with Gasteiger partial charge in [-0.2, -0.15) is 13.5 Å². The fourth-order valence-corrected chi connectivity index (χ4v) is 5.59. The predicted octanol–water partition coefficient (Wildman–Crippen LogP) is 3.07. The van der Waals surface area contributed by atoms with E-state index in [1.165, 1.54) is 29.3 Å². The first-order valence-electron chi connectivity index (χ1n) is 13.1. The number of anilines is 1. The van der Waals surface area contributed by atoms with Crippen molar-refractivity contribution >= 4 is 38.6 Å². The molecule has 0 atom stereocenters. The summed E-state index contributed by atoms with van der Waals surface area (Å²) in [7, 11) is -2.77. The molecular formula is C27H30ClFN8O5S. The van der Waals surface area contributed by atoms with Crippen molar-refractivity contribution in [1.82, 2.24) is 33.9 Å². The number of hydrogen-bond donors (Lipinski definition) is 3. The molecular weight excluding hydrogens is 603 g/mol. The molecule has 0 radical (unpaired) electrons. The minimum Gasteiger partial charge on any atom is -0.397 e. The maximum absolute atomic E-state index is 14.2. The molecule has 5 aromatic rings. The highest BCUT2D eigenvalue weighted by Crippen LogP contribution is 2.23. The molecule has 4 heterocycles. The highest BCUT2D eigenvalue weighted by molar-refractivity contribution is 7.86. The van der Waals surface area contributed by atoms with Crippen LogP contribution in [0.25, 0.3) is 11.2 Å². The minimum atomic E-state index is -4.26. The molecule has 4 N–H and O–H groups in total. The maximum Gasteiger partial charge on any atom is 0.333 e. The molecule has 0 amide bonds. The summed E-state index contributed by atoms with van der Waals surface area (Å²) in [4.78, 5) is 37.8. The highest BCUT2D eigenvalue weighted by atomic mass is 35.5. The van der Waals surface area contributed by atoms with Crippen LogP contribution in [0.1, 0.15) is 42.5 Å². The third kappa shape index (κ3) is 7.01. The van der Waals surface area contributed by atoms with Crippen LogP contribution in [-0.2, 0) is 36.7 Å². The molecule has 16 heteroatoms. The molecule has 228 valence electrons. The molecule has 5 rings (SSSR count). The number of fused-ring (bicyclic) bond motifs is 1. The van der Waals surface area contributed by atoms with Crippen LogP contribution in [-0.4, -0.2) is 46.8 Å². The Labute approximate surface area is 250 Å². The second-order valence-electron chi connectivity index (χ2n) is 9.72. The topological polar surface area (TPSA) is 184 Å². The van der Waals surface area contributed by atoms with Crippen LogP contribution in [0, 0.1) is 12.7 Å². The second-order valence-corrected chi connectivity index (χ2v) is 11.4. The van der Waals surface area contributed by atoms with E-state index in [1.807, 2.05) is 6.92 Å². The Morgan fingerprint density at radius 1 is 1.14 bits per heavy atom. The van der Waals surface area contributed by atoms with Gasteiger partial charge in [-0.05, 0) is 31.5 Å². The average molecular weight is 633 g/mol. The molecule has 43 heavy (non-hydrogen) atoms. The van der Waals surface area contributed by atoms with Crippen molar-refractivity contribution in [2.45, 2.75) is 51.1 Å². The van der Waals surface area contributed by atoms with Crippen molar-refractivity contribution in [2.75, 3.05) is 5.73 Å². The zero-order chi connectivity index (χ0) is 31.5. The fraction of sp³-hybridized carbons (Fsp3) is 0.296. The largest absolute Gasteiger partial charge is 0.397 e. The molecule has 4 aromatic heterocycles. The van der Waals surface area contributed by atoms with Crippen molar-refractivity contribution in [3.8, 4) is 0 Å². The number of nitrogen functional groups attached to an aromatic ring is 1. The predicted molar refractivity (Wildman–Crippen MR) is 159 cm³/mol. The number of aromatic amines is 1. The van der Waals surface area contributed by atoms with E-state index in [1.54, 1.807) is 36.5 Å². The molecule has 0 aliphatic carbocycles. The number of aromatic nitrogens is 7. The van der Waals surface area contributed by atoms with Crippen LogP contribution in [0.3, 0.4) is 0 Å². The molecule has 0 aliphatic rings. The van der Waals surface area contributed by atoms with Gasteiger partial charge in [-0.3, -0.25) is 28.1 Å². The molecule has 0 aliphatic heterocycles. The van der Waals surface area contributed by atoms with E-state index in [0.717, 1.165) is 23.1 Å². The number of rotatable bonds is 8. The number of benzene rings is 1. The zero-order valence-electron chi connectivity index (χ0n) is 23.6. The Morgan fingerprint density at radius 2 is 1.86 bits per heavy atom. The summed E-state index contributed by atoms with van der Waals surface area (Å²) >= 11 is 5.56. The van der Waals surface area contributed by atoms with Gasteiger partial charge < -0.3 is 10.7 Å². The normalized spacial score (nSPS) is 11.5. The minimum absolute atomic E-state index is 0.0880. The summed E-state index contributed by atoms with van der Waals surface area (Å²) in [5, 5.41) is 3.63. The van der Waals surface area contributed by atoms with E-state index in [4.69, 9.17) is 21.9 Å². The Hall–Kier alpha value is -4.34. The van der Waals surface area contributed by atoms with Gasteiger partial charge in [-0.1, -0.05) is 43.1 Å². The number of nitrogens with one attached hydrogen (secondary N) is 1. The summed E-state index contributed by atoms with van der Waals surface area (Å²) in [6, 6.07) is 9.63. The van der Waals surface area contributed by atoms with E-state index in [-0.39, 0.29) is 33.4 Å². The van der Waals surface area contributed by atoms with Crippen molar-refractivity contribution in [1.29, 1.82) is 0 Å². The molecule has 0 saturated heterocycles. The van der Waals surface area contributed by atoms with Crippen molar-refractivity contribution in [2.24, 2.45) is 7.05 Å². The average Bonchev–Trinajstić information content (AvgIpc) is 3.48. The van der Waals surface area contributed by atoms with E-state index in [2.05, 4.69) is 20.1 Å². The summed E-state index contributed by atoms with van der Waals surface area (Å²) < 4.78 is 48.0. The SMILES string of the molecule is CCCCn1c(=O)n(Cc2ccccc2F)c(=O)c2[nH]c(Cc3ccc(N)cn3)nc21.Cc1nn(C)c(Cl)c1S(=O)(=O)O. The highest BCUT2D eigenvalue weighted by Gasteiger charge is 2.22. The first-order valence-corrected chi connectivity index (χ1v) is 15.0. The Bertz CT molecular complexity index is 2000. The van der Waals surface area contributed by atoms with Crippen LogP contribution in [0.2, 0.25) is 5.15 Å². The maximum atomic E-state index is 14.2. The number of halogens is 2. The van der Waals surface area contributed by atoms with Gasteiger partial charge in [-0.15, -0.1) is 0 Å². The van der Waals surface area contributed by atoms with Gasteiger partial charge in [0.2, 0.25) is 0 Å². The number of aryl methyl sites for hydroxylation is 3. The van der Waals surface area contributed by atoms with Crippen LogP contribution in [0.15, 0.2) is 57.1 Å². The number of H-pyrrole nitrogens is 1. The van der Waals surface area contributed by atoms with Crippen LogP contribution in [0.4, 0.5) is 10.1 Å². The monoisotopic (exact) mass is 632 g/mol. The van der Waals surface area contributed by atoms with Crippen molar-refractivity contribution < 1.29 is 17.4 Å². The van der Waals surface area contributed by atoms with Gasteiger partial charge in [0.05, 0.1) is 24.1 Å². The number of nitrogens with zero attached hydrogens (tertiary/aromatic N) is 6. The van der Waals surface area contributed by atoms with Gasteiger partial charge in [0.15, 0.2) is 10.5 Å². The zero-order valence-corrected chi connectivity index (χ0v) is 25.2. The van der Waals surface area contributed by atoms with Gasteiger partial charge in [0.25, 0.3) is 15.7 Å². The molecule has 13 nitrogen and oxygen atoms in total. The summed E-state index contributed by atoms with van der Waals surface area (Å²) in [6.07, 6.45) is 3.52. The van der Waals surface area contributed by atoms with Crippen molar-refractivity contribution in [3.63, 3.8) is 0 Å². The Morgan fingerprint density at radius 3 is 2.42 bits per heavy atom. The van der Waals surface area contributed by atoms with E-state index in [0.29, 0.717) is 30.1 Å². The lowest BCUT2D eigenvalue weighted by atomic mass is 10.2. The molecule has 0 spiro atoms. The lowest BCUT2D eigenvalue weighted by molar-refractivity contribution is 0.482. The molecule has 1 aromatic carbocycles. The molecule has 0 unspecified atom stereocenters. The Balaban J connectivity index is 0.000000296. The van der Waals surface area contributed by atoms with Gasteiger partial charge >= 0.3 is 5.69 Å². The summed E-state index contributed by atoms with van der Waals surface area (Å²) in [6.45, 7) is 3.73. The van der Waals surface area contributed by atoms with E-state index >= 15 is 0 Å². The third-order valence-electron chi connectivity index (χ3n) is 6.49. The first kappa shape index (κ1) is 31.6. The fourth-order valence-electron chi connectivity index (χ4n) is 4.37. The van der Waals surface area contributed by atoms with Crippen LogP contribution >= 0.6 is 11.6 Å². The van der Waals surface area contributed by atoms with Gasteiger partial charge in [0.1, 0.15) is 22.3 Å². The summed E-state index contributed by atoms with van der Waals surface area (Å²) in [5.41, 5.74) is 6.91. The number of pyridine rings is 1. The van der Waals surface area contributed by atoms with Crippen LogP contribution in [0.5, 0.6) is 0 Å². The quantitative estimate of drug-likeness (QED) is 0.216. The van der Waals surface area contributed by atoms with Crippen molar-refractivity contribution in [3.05, 3.63) is 97.2 Å². The lowest BCUT2D eigenvalue weighted by Crippen LogP contribution is -2.40. The lowest BCUT2D eigenvalue weighted by Gasteiger charge is -2.11. The number of nitrogens with two attached hydrogens (primary N) is 1. The summed E-state index contributed by atoms with van der Waals surface area (Å²) in [5.74, 6) is 0.0476. The smallest absolute Gasteiger partial charge is 0.333 e. The molecule has 0 bridgehead atoms. The standard InChI is InChI=1S/C22H23FN6O2.C5H7ClN2O3S/c1-2-3-10-28-20-19(26-18(27-20)11-16-9-8-15(24)12-25-16)21(30)29(22(28)31)13-14-6-4-5-7-17(14)23;1-3-4(12(9,10)11)5(6)8(2)7-3/h4-9,12H,2-3,10-11,13,24H2,1H3,(H,26,27);1-2H3,(H,9,10,11). The molecule has 0 saturated carbocycles. The van der Waals surface area contributed by atoms with Gasteiger partial charge in [0, 0.05) is 31.3 Å². The first-order chi connectivity index (χ1) is 20.3. The van der Waals surface area contributed by atoms with E-state index < -0.39 is 27.2 Å².